The van der Waals surface area contributed by atoms with Gasteiger partial charge in [-0.25, -0.2) is 0 Å². The summed E-state index contributed by atoms with van der Waals surface area (Å²) in [7, 11) is 1.56. The van der Waals surface area contributed by atoms with Gasteiger partial charge >= 0.3 is 6.61 Å². The van der Waals surface area contributed by atoms with Crippen LogP contribution in [0.15, 0.2) is 30.3 Å². The van der Waals surface area contributed by atoms with E-state index in [0.717, 1.165) is 0 Å². The maximum atomic E-state index is 12.0. The molecule has 1 N–H and O–H groups in total. The molecule has 0 radical (unpaired) electrons. The molecule has 0 aliphatic rings. The number of alkyl halides is 2. The van der Waals surface area contributed by atoms with Crippen LogP contribution in [0.2, 0.25) is 0 Å². The van der Waals surface area contributed by atoms with Crippen LogP contribution in [0.25, 0.3) is 6.08 Å². The molecule has 0 saturated heterocycles. The number of nitrogens with one attached hydrogen (secondary N) is 1. The SMILES string of the molecule is COCC(C)NC(=O)C=Cc1ccc(OC(F)F)cc1. The van der Waals surface area contributed by atoms with Crippen LogP contribution in [0, 0.1) is 0 Å². The minimum atomic E-state index is -2.84. The highest BCUT2D eigenvalue weighted by molar-refractivity contribution is 5.91. The molecule has 110 valence electrons. The Morgan fingerprint density at radius 3 is 2.55 bits per heavy atom. The van der Waals surface area contributed by atoms with Crippen molar-refractivity contribution in [1.29, 1.82) is 0 Å². The normalized spacial score (nSPS) is 12.7. The summed E-state index contributed by atoms with van der Waals surface area (Å²) in [5.41, 5.74) is 0.709. The van der Waals surface area contributed by atoms with Gasteiger partial charge in [-0.2, -0.15) is 8.78 Å². The molecule has 1 amide bonds. The lowest BCUT2D eigenvalue weighted by molar-refractivity contribution is -0.117. The number of carbonyl (C=O) groups is 1. The zero-order valence-electron chi connectivity index (χ0n) is 11.3. The predicted octanol–water partition coefficient (Wildman–Crippen LogP) is 2.45. The van der Waals surface area contributed by atoms with Crippen molar-refractivity contribution < 1.29 is 23.0 Å². The summed E-state index contributed by atoms with van der Waals surface area (Å²) in [5.74, 6) is -0.169. The second-order valence-corrected chi connectivity index (χ2v) is 4.15. The van der Waals surface area contributed by atoms with Crippen LogP contribution in [-0.4, -0.2) is 32.3 Å². The van der Waals surface area contributed by atoms with Crippen LogP contribution in [0.5, 0.6) is 5.75 Å². The number of methoxy groups -OCH3 is 1. The second kappa shape index (κ2) is 8.27. The van der Waals surface area contributed by atoms with Crippen LogP contribution in [0.3, 0.4) is 0 Å². The van der Waals surface area contributed by atoms with E-state index in [0.29, 0.717) is 12.2 Å². The van der Waals surface area contributed by atoms with Gasteiger partial charge in [0.1, 0.15) is 5.75 Å². The third kappa shape index (κ3) is 6.29. The molecule has 0 aromatic heterocycles. The Labute approximate surface area is 116 Å². The number of amides is 1. The van der Waals surface area contributed by atoms with Crippen LogP contribution in [0.1, 0.15) is 12.5 Å². The Bertz CT molecular complexity index is 446. The van der Waals surface area contributed by atoms with E-state index in [1.807, 2.05) is 6.92 Å². The summed E-state index contributed by atoms with van der Waals surface area (Å²) >= 11 is 0. The molecule has 0 saturated carbocycles. The summed E-state index contributed by atoms with van der Waals surface area (Å²) in [4.78, 5) is 11.5. The lowest BCUT2D eigenvalue weighted by atomic mass is 10.2. The molecule has 0 aliphatic heterocycles. The van der Waals surface area contributed by atoms with Crippen LogP contribution in [-0.2, 0) is 9.53 Å². The molecule has 20 heavy (non-hydrogen) atoms. The van der Waals surface area contributed by atoms with Gasteiger partial charge in [0.2, 0.25) is 5.91 Å². The Morgan fingerprint density at radius 1 is 1.35 bits per heavy atom. The van der Waals surface area contributed by atoms with Gasteiger partial charge in [-0.3, -0.25) is 4.79 Å². The quantitative estimate of drug-likeness (QED) is 0.783. The molecule has 1 atom stereocenters. The van der Waals surface area contributed by atoms with Gasteiger partial charge in [0.05, 0.1) is 6.61 Å². The zero-order chi connectivity index (χ0) is 15.0. The molecule has 1 aromatic rings. The van der Waals surface area contributed by atoms with Crippen molar-refractivity contribution in [1.82, 2.24) is 5.32 Å². The summed E-state index contributed by atoms with van der Waals surface area (Å²) in [6.07, 6.45) is 2.95. The molecular formula is C14H17F2NO3. The van der Waals surface area contributed by atoms with Gasteiger partial charge in [-0.1, -0.05) is 12.1 Å². The lowest BCUT2D eigenvalue weighted by Gasteiger charge is -2.10. The van der Waals surface area contributed by atoms with E-state index < -0.39 is 6.61 Å². The number of halogens is 2. The Morgan fingerprint density at radius 2 is 2.00 bits per heavy atom. The Hall–Kier alpha value is -1.95. The van der Waals surface area contributed by atoms with Crippen molar-refractivity contribution in [2.45, 2.75) is 19.6 Å². The average Bonchev–Trinajstić information content (AvgIpc) is 2.37. The first-order valence-electron chi connectivity index (χ1n) is 6.03. The first-order valence-corrected chi connectivity index (χ1v) is 6.03. The summed E-state index contributed by atoms with van der Waals surface area (Å²) in [6, 6.07) is 5.91. The predicted molar refractivity (Wildman–Crippen MR) is 71.6 cm³/mol. The van der Waals surface area contributed by atoms with Crippen molar-refractivity contribution in [3.8, 4) is 5.75 Å². The lowest BCUT2D eigenvalue weighted by Crippen LogP contribution is -2.34. The topological polar surface area (TPSA) is 47.6 Å². The van der Waals surface area contributed by atoms with E-state index >= 15 is 0 Å². The molecule has 0 aliphatic carbocycles. The second-order valence-electron chi connectivity index (χ2n) is 4.15. The largest absolute Gasteiger partial charge is 0.435 e. The summed E-state index contributed by atoms with van der Waals surface area (Å²) < 4.78 is 33.0. The molecule has 1 rings (SSSR count). The smallest absolute Gasteiger partial charge is 0.387 e. The molecule has 1 aromatic carbocycles. The highest BCUT2D eigenvalue weighted by Crippen LogP contribution is 2.15. The van der Waals surface area contributed by atoms with E-state index in [4.69, 9.17) is 4.74 Å². The van der Waals surface area contributed by atoms with E-state index in [2.05, 4.69) is 10.1 Å². The van der Waals surface area contributed by atoms with Gasteiger partial charge in [-0.15, -0.1) is 0 Å². The minimum Gasteiger partial charge on any atom is -0.435 e. The molecule has 0 heterocycles. The third-order valence-corrected chi connectivity index (χ3v) is 2.34. The average molecular weight is 285 g/mol. The molecule has 4 nitrogen and oxygen atoms in total. The van der Waals surface area contributed by atoms with Gasteiger partial charge in [0, 0.05) is 19.2 Å². The van der Waals surface area contributed by atoms with Crippen molar-refractivity contribution >= 4 is 12.0 Å². The Balaban J connectivity index is 2.51. The molecule has 0 spiro atoms. The number of rotatable bonds is 7. The number of carbonyl (C=O) groups excluding carboxylic acids is 1. The van der Waals surface area contributed by atoms with E-state index in [-0.39, 0.29) is 17.7 Å². The molecule has 0 bridgehead atoms. The van der Waals surface area contributed by atoms with Crippen LogP contribution >= 0.6 is 0 Å². The Kier molecular flexibility index (Phi) is 6.66. The summed E-state index contributed by atoms with van der Waals surface area (Å²) in [5, 5.41) is 2.71. The monoisotopic (exact) mass is 285 g/mol. The standard InChI is InChI=1S/C14H17F2NO3/c1-10(9-19-2)17-13(18)8-5-11-3-6-12(7-4-11)20-14(15)16/h3-8,10,14H,9H2,1-2H3,(H,17,18). The molecule has 6 heteroatoms. The first kappa shape index (κ1) is 16.1. The fourth-order valence-corrected chi connectivity index (χ4v) is 1.51. The fourth-order valence-electron chi connectivity index (χ4n) is 1.51. The molecular weight excluding hydrogens is 268 g/mol. The van der Waals surface area contributed by atoms with E-state index in [1.165, 1.54) is 18.2 Å². The number of hydrogen-bond donors (Lipinski definition) is 1. The van der Waals surface area contributed by atoms with Crippen molar-refractivity contribution in [3.05, 3.63) is 35.9 Å². The maximum Gasteiger partial charge on any atom is 0.387 e. The highest BCUT2D eigenvalue weighted by Gasteiger charge is 2.04. The van der Waals surface area contributed by atoms with Crippen LogP contribution in [0.4, 0.5) is 8.78 Å². The number of ether oxygens (including phenoxy) is 2. The fraction of sp³-hybridized carbons (Fsp3) is 0.357. The number of hydrogen-bond acceptors (Lipinski definition) is 3. The van der Waals surface area contributed by atoms with Crippen molar-refractivity contribution in [2.75, 3.05) is 13.7 Å². The van der Waals surface area contributed by atoms with Gasteiger partial charge in [0.15, 0.2) is 0 Å². The highest BCUT2D eigenvalue weighted by atomic mass is 19.3. The number of benzene rings is 1. The maximum absolute atomic E-state index is 12.0. The summed E-state index contributed by atoms with van der Waals surface area (Å²) in [6.45, 7) is -0.588. The zero-order valence-corrected chi connectivity index (χ0v) is 11.3. The van der Waals surface area contributed by atoms with Crippen LogP contribution < -0.4 is 10.1 Å². The minimum absolute atomic E-state index is 0.0790. The third-order valence-electron chi connectivity index (χ3n) is 2.34. The molecule has 1 unspecified atom stereocenters. The van der Waals surface area contributed by atoms with Crippen molar-refractivity contribution in [3.63, 3.8) is 0 Å². The van der Waals surface area contributed by atoms with E-state index in [9.17, 15) is 13.6 Å². The van der Waals surface area contributed by atoms with Gasteiger partial charge < -0.3 is 14.8 Å². The first-order chi connectivity index (χ1) is 9.51. The van der Waals surface area contributed by atoms with Gasteiger partial charge in [-0.05, 0) is 30.7 Å². The van der Waals surface area contributed by atoms with E-state index in [1.54, 1.807) is 25.3 Å². The van der Waals surface area contributed by atoms with Gasteiger partial charge in [0.25, 0.3) is 0 Å². The van der Waals surface area contributed by atoms with Crippen molar-refractivity contribution in [2.24, 2.45) is 0 Å². The molecule has 0 fully saturated rings.